The monoisotopic (exact) mass is 209 g/mol. The molecule has 15 heavy (non-hydrogen) atoms. The summed E-state index contributed by atoms with van der Waals surface area (Å²) in [5, 5.41) is 3.32. The Labute approximate surface area is 84.2 Å². The zero-order valence-corrected chi connectivity index (χ0v) is 7.84. The quantitative estimate of drug-likeness (QED) is 0.233. The molecular formula is C8H7N3O4. The highest BCUT2D eigenvalue weighted by Gasteiger charge is 2.18. The molecule has 0 atom stereocenters. The molecule has 0 radical (unpaired) electrons. The van der Waals surface area contributed by atoms with E-state index in [0.717, 1.165) is 6.07 Å². The number of hydrogen-bond donors (Lipinski definition) is 0. The molecule has 0 saturated carbocycles. The number of esters is 1. The Kier molecular flexibility index (Phi) is 3.48. The summed E-state index contributed by atoms with van der Waals surface area (Å²) in [6, 6.07) is 1.11. The van der Waals surface area contributed by atoms with Crippen molar-refractivity contribution in [2.45, 2.75) is 6.92 Å². The summed E-state index contributed by atoms with van der Waals surface area (Å²) in [6.45, 7) is 1.84. The van der Waals surface area contributed by atoms with Crippen LogP contribution < -0.4 is 0 Å². The highest BCUT2D eigenvalue weighted by molar-refractivity contribution is 6.32. The van der Waals surface area contributed by atoms with Crippen molar-refractivity contribution < 1.29 is 23.6 Å². The first-order chi connectivity index (χ1) is 7.19. The number of Topliss-reactive ketones (excluding diaryl/α,β-unsaturated/α-hetero) is 1. The zero-order valence-electron chi connectivity index (χ0n) is 7.84. The number of hydrogen-bond acceptors (Lipinski definition) is 5. The number of rotatable bonds is 4. The van der Waals surface area contributed by atoms with Gasteiger partial charge in [0.05, 0.1) is 6.61 Å². The van der Waals surface area contributed by atoms with Crippen LogP contribution in [0, 0.1) is 0 Å². The van der Waals surface area contributed by atoms with Crippen LogP contribution in [-0.2, 0) is 4.74 Å². The Morgan fingerprint density at radius 1 is 1.73 bits per heavy atom. The van der Waals surface area contributed by atoms with Crippen LogP contribution in [0.5, 0.6) is 0 Å². The SMILES string of the molecule is CCOC(=O)c1cc(C(=O)C=[N+]=[N-])on1. The van der Waals surface area contributed by atoms with Crippen molar-refractivity contribution in [2.75, 3.05) is 6.61 Å². The van der Waals surface area contributed by atoms with Crippen LogP contribution in [-0.4, -0.2) is 34.5 Å². The van der Waals surface area contributed by atoms with Crippen molar-refractivity contribution in [3.05, 3.63) is 23.1 Å². The zero-order chi connectivity index (χ0) is 11.3. The molecular weight excluding hydrogens is 202 g/mol. The molecule has 0 N–H and O–H groups in total. The number of carbonyl (C=O) groups excluding carboxylic acids is 2. The Morgan fingerprint density at radius 2 is 2.47 bits per heavy atom. The standard InChI is InChI=1S/C8H7N3O4/c1-2-14-8(13)5-3-7(15-11-5)6(12)4-10-9/h3-4H,2H2,1H3. The van der Waals surface area contributed by atoms with Crippen molar-refractivity contribution in [3.63, 3.8) is 0 Å². The summed E-state index contributed by atoms with van der Waals surface area (Å²) in [6.07, 6.45) is 0.634. The lowest BCUT2D eigenvalue weighted by Gasteiger charge is -1.94. The van der Waals surface area contributed by atoms with Gasteiger partial charge in [0, 0.05) is 6.07 Å². The molecule has 1 aromatic rings. The van der Waals surface area contributed by atoms with Crippen LogP contribution in [0.3, 0.4) is 0 Å². The molecule has 7 nitrogen and oxygen atoms in total. The predicted molar refractivity (Wildman–Crippen MR) is 46.5 cm³/mol. The predicted octanol–water partition coefficient (Wildman–Crippen LogP) is 0.335. The van der Waals surface area contributed by atoms with E-state index >= 15 is 0 Å². The summed E-state index contributed by atoms with van der Waals surface area (Å²) in [4.78, 5) is 24.7. The molecule has 0 fully saturated rings. The van der Waals surface area contributed by atoms with Crippen LogP contribution in [0.4, 0.5) is 0 Å². The third-order valence-corrected chi connectivity index (χ3v) is 1.41. The van der Waals surface area contributed by atoms with Gasteiger partial charge >= 0.3 is 18.0 Å². The molecule has 0 bridgehead atoms. The third-order valence-electron chi connectivity index (χ3n) is 1.41. The van der Waals surface area contributed by atoms with E-state index in [9.17, 15) is 9.59 Å². The average Bonchev–Trinajstić information content (AvgIpc) is 2.67. The first-order valence-electron chi connectivity index (χ1n) is 4.04. The van der Waals surface area contributed by atoms with Gasteiger partial charge in [0.15, 0.2) is 5.69 Å². The van der Waals surface area contributed by atoms with Crippen LogP contribution in [0.25, 0.3) is 5.53 Å². The maximum absolute atomic E-state index is 11.1. The van der Waals surface area contributed by atoms with Gasteiger partial charge in [-0.05, 0) is 6.92 Å². The molecule has 1 rings (SSSR count). The summed E-state index contributed by atoms with van der Waals surface area (Å²) >= 11 is 0. The number of carbonyl (C=O) groups is 2. The summed E-state index contributed by atoms with van der Waals surface area (Å²) < 4.78 is 9.17. The molecule has 1 heterocycles. The Balaban J connectivity index is 2.84. The lowest BCUT2D eigenvalue weighted by Crippen LogP contribution is -2.04. The normalized spacial score (nSPS) is 9.13. The van der Waals surface area contributed by atoms with Crippen molar-refractivity contribution in [3.8, 4) is 0 Å². The molecule has 0 aliphatic heterocycles. The molecule has 0 aliphatic rings. The lowest BCUT2D eigenvalue weighted by atomic mass is 10.3. The Morgan fingerprint density at radius 3 is 3.07 bits per heavy atom. The van der Waals surface area contributed by atoms with Gasteiger partial charge in [0.2, 0.25) is 5.76 Å². The topological polar surface area (TPSA) is 106 Å². The molecule has 1 aromatic heterocycles. The molecule has 0 unspecified atom stereocenters. The maximum Gasteiger partial charge on any atom is 0.360 e. The van der Waals surface area contributed by atoms with Gasteiger partial charge in [-0.3, -0.25) is 4.79 Å². The molecule has 7 heteroatoms. The molecule has 0 aromatic carbocycles. The van der Waals surface area contributed by atoms with Crippen LogP contribution in [0.1, 0.15) is 28.0 Å². The minimum Gasteiger partial charge on any atom is -0.461 e. The third kappa shape index (κ3) is 2.58. The van der Waals surface area contributed by atoms with Gasteiger partial charge in [-0.25, -0.2) is 4.79 Å². The second-order valence-corrected chi connectivity index (χ2v) is 2.41. The van der Waals surface area contributed by atoms with Crippen LogP contribution >= 0.6 is 0 Å². The molecule has 0 aliphatic carbocycles. The van der Waals surface area contributed by atoms with Gasteiger partial charge in [-0.2, -0.15) is 4.79 Å². The van der Waals surface area contributed by atoms with E-state index in [1.54, 1.807) is 6.92 Å². The van der Waals surface area contributed by atoms with E-state index in [1.807, 2.05) is 0 Å². The van der Waals surface area contributed by atoms with Gasteiger partial charge in [0.25, 0.3) is 0 Å². The second kappa shape index (κ2) is 4.83. The van der Waals surface area contributed by atoms with Crippen molar-refractivity contribution >= 4 is 18.0 Å². The van der Waals surface area contributed by atoms with Crippen molar-refractivity contribution in [1.82, 2.24) is 5.16 Å². The smallest absolute Gasteiger partial charge is 0.360 e. The Hall–Kier alpha value is -2.27. The van der Waals surface area contributed by atoms with Crippen LogP contribution in [0.15, 0.2) is 10.6 Å². The van der Waals surface area contributed by atoms with Gasteiger partial charge < -0.3 is 14.8 Å². The van der Waals surface area contributed by atoms with E-state index in [0.29, 0.717) is 6.21 Å². The maximum atomic E-state index is 11.1. The van der Waals surface area contributed by atoms with E-state index in [4.69, 9.17) is 5.53 Å². The molecule has 78 valence electrons. The second-order valence-electron chi connectivity index (χ2n) is 2.41. The van der Waals surface area contributed by atoms with Gasteiger partial charge in [-0.15, -0.1) is 0 Å². The fourth-order valence-electron chi connectivity index (χ4n) is 0.809. The minimum atomic E-state index is -0.694. The number of aromatic nitrogens is 1. The minimum absolute atomic E-state index is 0.105. The summed E-state index contributed by atoms with van der Waals surface area (Å²) in [5.41, 5.74) is 7.99. The van der Waals surface area contributed by atoms with Gasteiger partial charge in [0.1, 0.15) is 0 Å². The van der Waals surface area contributed by atoms with E-state index in [-0.39, 0.29) is 18.1 Å². The van der Waals surface area contributed by atoms with Crippen molar-refractivity contribution in [2.24, 2.45) is 0 Å². The first-order valence-corrected chi connectivity index (χ1v) is 4.04. The molecule has 0 saturated heterocycles. The fraction of sp³-hybridized carbons (Fsp3) is 0.250. The first kappa shape index (κ1) is 10.8. The lowest BCUT2D eigenvalue weighted by molar-refractivity contribution is 0.00203. The number of ketones is 1. The fourth-order valence-corrected chi connectivity index (χ4v) is 0.809. The van der Waals surface area contributed by atoms with Gasteiger partial charge in [-0.1, -0.05) is 5.16 Å². The average molecular weight is 209 g/mol. The summed E-state index contributed by atoms with van der Waals surface area (Å²) in [5.74, 6) is -1.57. The number of ether oxygens (including phenoxy) is 1. The largest absolute Gasteiger partial charge is 0.461 e. The van der Waals surface area contributed by atoms with E-state index in [1.165, 1.54) is 0 Å². The highest BCUT2D eigenvalue weighted by Crippen LogP contribution is 2.05. The highest BCUT2D eigenvalue weighted by atomic mass is 16.5. The summed E-state index contributed by atoms with van der Waals surface area (Å²) in [7, 11) is 0. The molecule has 0 amide bonds. The molecule has 0 spiro atoms. The van der Waals surface area contributed by atoms with Crippen molar-refractivity contribution in [1.29, 1.82) is 0 Å². The van der Waals surface area contributed by atoms with Crippen LogP contribution in [0.2, 0.25) is 0 Å². The number of nitrogens with zero attached hydrogens (tertiary/aromatic N) is 3. The Bertz CT molecular complexity index is 431. The van der Waals surface area contributed by atoms with E-state index in [2.05, 4.69) is 19.2 Å². The van der Waals surface area contributed by atoms with E-state index < -0.39 is 11.8 Å².